The highest BCUT2D eigenvalue weighted by Crippen LogP contribution is 2.39. The summed E-state index contributed by atoms with van der Waals surface area (Å²) in [7, 11) is 0. The molecule has 1 aromatic rings. The topological polar surface area (TPSA) is 64.7 Å². The van der Waals surface area contributed by atoms with Crippen LogP contribution in [0.3, 0.4) is 0 Å². The molecule has 2 fully saturated rings. The summed E-state index contributed by atoms with van der Waals surface area (Å²) in [6.07, 6.45) is 0. The minimum absolute atomic E-state index is 0.0432. The Bertz CT molecular complexity index is 715. The molecule has 0 bridgehead atoms. The fourth-order valence-corrected chi connectivity index (χ4v) is 4.14. The zero-order chi connectivity index (χ0) is 19.8. The van der Waals surface area contributed by atoms with Gasteiger partial charge in [0, 0.05) is 47.8 Å². The first-order valence-corrected chi connectivity index (χ1v) is 9.41. The van der Waals surface area contributed by atoms with Gasteiger partial charge in [0.25, 0.3) is 0 Å². The number of carbonyl (C=O) groups is 2. The summed E-state index contributed by atoms with van der Waals surface area (Å²) in [5.41, 5.74) is 0.344. The van der Waals surface area contributed by atoms with Crippen LogP contribution < -0.4 is 10.6 Å². The van der Waals surface area contributed by atoms with Crippen molar-refractivity contribution in [1.29, 1.82) is 0 Å². The lowest BCUT2D eigenvalue weighted by Gasteiger charge is -2.60. The summed E-state index contributed by atoms with van der Waals surface area (Å²) < 4.78 is 13.3. The van der Waals surface area contributed by atoms with Crippen molar-refractivity contribution < 1.29 is 14.0 Å². The molecule has 148 valence electrons. The van der Waals surface area contributed by atoms with Crippen LogP contribution >= 0.6 is 11.6 Å². The summed E-state index contributed by atoms with van der Waals surface area (Å²) in [6, 6.07) is 3.96. The van der Waals surface area contributed by atoms with Gasteiger partial charge in [0.1, 0.15) is 5.82 Å². The molecular weight excluding hydrogens is 371 g/mol. The minimum Gasteiger partial charge on any atom is -0.350 e. The summed E-state index contributed by atoms with van der Waals surface area (Å²) in [5, 5.41) is 5.89. The van der Waals surface area contributed by atoms with Crippen LogP contribution in [0, 0.1) is 11.2 Å². The van der Waals surface area contributed by atoms with E-state index >= 15 is 0 Å². The normalized spacial score (nSPS) is 19.3. The van der Waals surface area contributed by atoms with Crippen LogP contribution in [0.25, 0.3) is 0 Å². The van der Waals surface area contributed by atoms with Gasteiger partial charge in [0.05, 0.1) is 13.1 Å². The summed E-state index contributed by atoms with van der Waals surface area (Å²) in [6.45, 7) is 10.0. The molecule has 2 heterocycles. The highest BCUT2D eigenvalue weighted by molar-refractivity contribution is 6.30. The molecule has 0 aliphatic carbocycles. The molecule has 8 heteroatoms. The van der Waals surface area contributed by atoms with Crippen molar-refractivity contribution in [3.8, 4) is 0 Å². The van der Waals surface area contributed by atoms with Gasteiger partial charge in [-0.15, -0.1) is 0 Å². The average molecular weight is 397 g/mol. The number of hydrogen-bond donors (Lipinski definition) is 2. The molecule has 0 unspecified atom stereocenters. The molecule has 6 nitrogen and oxygen atoms in total. The van der Waals surface area contributed by atoms with Gasteiger partial charge in [-0.05, 0) is 39.0 Å². The number of nitrogens with zero attached hydrogens (tertiary/aromatic N) is 2. The Hall–Kier alpha value is -1.70. The molecule has 2 N–H and O–H groups in total. The van der Waals surface area contributed by atoms with E-state index in [0.717, 1.165) is 26.2 Å². The van der Waals surface area contributed by atoms with E-state index in [0.29, 0.717) is 12.2 Å². The van der Waals surface area contributed by atoms with Crippen molar-refractivity contribution in [2.75, 3.05) is 44.6 Å². The molecule has 0 aromatic heterocycles. The molecule has 2 aliphatic heterocycles. The first-order chi connectivity index (χ1) is 12.5. The Morgan fingerprint density at radius 3 is 2.15 bits per heavy atom. The van der Waals surface area contributed by atoms with Gasteiger partial charge in [-0.25, -0.2) is 4.39 Å². The summed E-state index contributed by atoms with van der Waals surface area (Å²) in [4.78, 5) is 28.3. The predicted molar refractivity (Wildman–Crippen MR) is 103 cm³/mol. The second-order valence-corrected chi connectivity index (χ2v) is 9.23. The number of halogens is 2. The van der Waals surface area contributed by atoms with Crippen molar-refractivity contribution in [3.63, 3.8) is 0 Å². The quantitative estimate of drug-likeness (QED) is 0.798. The average Bonchev–Trinajstić information content (AvgIpc) is 2.39. The maximum absolute atomic E-state index is 13.3. The second kappa shape index (κ2) is 7.37. The van der Waals surface area contributed by atoms with E-state index in [1.54, 1.807) is 0 Å². The Kier molecular flexibility index (Phi) is 5.47. The second-order valence-electron chi connectivity index (χ2n) is 8.79. The highest BCUT2D eigenvalue weighted by atomic mass is 35.5. The van der Waals surface area contributed by atoms with Crippen molar-refractivity contribution in [2.45, 2.75) is 26.3 Å². The number of hydrogen-bond acceptors (Lipinski definition) is 4. The molecule has 0 atom stereocenters. The molecular formula is C19H26ClFN4O2. The van der Waals surface area contributed by atoms with E-state index in [1.807, 2.05) is 20.8 Å². The third-order valence-corrected chi connectivity index (χ3v) is 4.85. The molecule has 1 aromatic carbocycles. The van der Waals surface area contributed by atoms with Crippen LogP contribution in [0.5, 0.6) is 0 Å². The van der Waals surface area contributed by atoms with Crippen LogP contribution in [0.2, 0.25) is 5.02 Å². The lowest BCUT2D eigenvalue weighted by atomic mass is 9.73. The first kappa shape index (κ1) is 20.0. The van der Waals surface area contributed by atoms with Gasteiger partial charge >= 0.3 is 0 Å². The maximum Gasteiger partial charge on any atom is 0.238 e. The Balaban J connectivity index is 1.37. The standard InChI is InChI=1S/C19H26ClFN4O2/c1-18(2,3)23-17(27)8-25-11-19(12-25)9-24(10-19)7-16(26)22-15-5-13(20)4-14(21)6-15/h4-6H,7-12H2,1-3H3,(H,22,26)(H,23,27). The summed E-state index contributed by atoms with van der Waals surface area (Å²) in [5.74, 6) is -0.625. The van der Waals surface area contributed by atoms with Crippen LogP contribution in [0.15, 0.2) is 18.2 Å². The van der Waals surface area contributed by atoms with E-state index in [2.05, 4.69) is 20.4 Å². The minimum atomic E-state index is -0.481. The van der Waals surface area contributed by atoms with Gasteiger partial charge in [-0.1, -0.05) is 11.6 Å². The lowest BCUT2D eigenvalue weighted by molar-refractivity contribution is -0.141. The van der Waals surface area contributed by atoms with E-state index in [1.165, 1.54) is 18.2 Å². The van der Waals surface area contributed by atoms with Gasteiger partial charge in [-0.3, -0.25) is 19.4 Å². The maximum atomic E-state index is 13.3. The fourth-order valence-electron chi connectivity index (χ4n) is 3.92. The van der Waals surface area contributed by atoms with Crippen LogP contribution in [-0.4, -0.2) is 66.4 Å². The van der Waals surface area contributed by atoms with Crippen LogP contribution in [0.4, 0.5) is 10.1 Å². The van der Waals surface area contributed by atoms with E-state index in [4.69, 9.17) is 11.6 Å². The van der Waals surface area contributed by atoms with Crippen molar-refractivity contribution in [3.05, 3.63) is 29.0 Å². The molecule has 0 saturated carbocycles. The number of nitrogens with one attached hydrogen (secondary N) is 2. The van der Waals surface area contributed by atoms with Gasteiger partial charge < -0.3 is 10.6 Å². The number of carbonyl (C=O) groups excluding carboxylic acids is 2. The van der Waals surface area contributed by atoms with E-state index in [-0.39, 0.29) is 34.3 Å². The smallest absolute Gasteiger partial charge is 0.238 e. The third-order valence-electron chi connectivity index (χ3n) is 4.63. The number of amides is 2. The number of rotatable bonds is 5. The van der Waals surface area contributed by atoms with Crippen molar-refractivity contribution in [1.82, 2.24) is 15.1 Å². The lowest BCUT2D eigenvalue weighted by Crippen LogP contribution is -2.73. The third kappa shape index (κ3) is 5.40. The number of benzene rings is 1. The van der Waals surface area contributed by atoms with Gasteiger partial charge in [0.2, 0.25) is 11.8 Å². The Morgan fingerprint density at radius 1 is 1.07 bits per heavy atom. The molecule has 0 radical (unpaired) electrons. The molecule has 2 aliphatic rings. The molecule has 1 spiro atoms. The summed E-state index contributed by atoms with van der Waals surface area (Å²) >= 11 is 5.79. The van der Waals surface area contributed by atoms with Crippen LogP contribution in [0.1, 0.15) is 20.8 Å². The van der Waals surface area contributed by atoms with Gasteiger partial charge in [-0.2, -0.15) is 0 Å². The van der Waals surface area contributed by atoms with E-state index in [9.17, 15) is 14.0 Å². The SMILES string of the molecule is CC(C)(C)NC(=O)CN1CC2(CN(CC(=O)Nc3cc(F)cc(Cl)c3)C2)C1. The molecule has 2 amide bonds. The zero-order valence-corrected chi connectivity index (χ0v) is 16.7. The Labute approximate surface area is 164 Å². The zero-order valence-electron chi connectivity index (χ0n) is 15.9. The van der Waals surface area contributed by atoms with Crippen LogP contribution in [-0.2, 0) is 9.59 Å². The molecule has 2 saturated heterocycles. The highest BCUT2D eigenvalue weighted by Gasteiger charge is 2.51. The monoisotopic (exact) mass is 396 g/mol. The fraction of sp³-hybridized carbons (Fsp3) is 0.579. The number of anilines is 1. The predicted octanol–water partition coefficient (Wildman–Crippen LogP) is 1.95. The molecule has 27 heavy (non-hydrogen) atoms. The largest absolute Gasteiger partial charge is 0.350 e. The Morgan fingerprint density at radius 2 is 1.63 bits per heavy atom. The molecule has 3 rings (SSSR count). The first-order valence-electron chi connectivity index (χ1n) is 9.04. The van der Waals surface area contributed by atoms with Crippen molar-refractivity contribution >= 4 is 29.1 Å². The van der Waals surface area contributed by atoms with Gasteiger partial charge in [0.15, 0.2) is 0 Å². The number of likely N-dealkylation sites (tertiary alicyclic amines) is 2. The van der Waals surface area contributed by atoms with Crippen molar-refractivity contribution in [2.24, 2.45) is 5.41 Å². The van der Waals surface area contributed by atoms with E-state index < -0.39 is 5.82 Å².